The molecule has 94 valence electrons. The molecule has 1 aromatic carbocycles. The zero-order chi connectivity index (χ0) is 13.2. The highest BCUT2D eigenvalue weighted by molar-refractivity contribution is 5.77. The van der Waals surface area contributed by atoms with Gasteiger partial charge >= 0.3 is 0 Å². The summed E-state index contributed by atoms with van der Waals surface area (Å²) in [6.07, 6.45) is -0.381. The zero-order valence-corrected chi connectivity index (χ0v) is 11.3. The molecule has 17 heavy (non-hydrogen) atoms. The lowest BCUT2D eigenvalue weighted by atomic mass is 9.95. The second kappa shape index (κ2) is 5.48. The highest BCUT2D eigenvalue weighted by Crippen LogP contribution is 2.36. The van der Waals surface area contributed by atoms with Gasteiger partial charge in [-0.3, -0.25) is 0 Å². The molecule has 0 unspecified atom stereocenters. The Labute approximate surface area is 104 Å². The number of benzene rings is 1. The molecule has 1 aliphatic carbocycles. The van der Waals surface area contributed by atoms with Crippen LogP contribution in [0.15, 0.2) is 17.7 Å². The number of fused-ring (bicyclic) bond motifs is 1. The Morgan fingerprint density at radius 1 is 1.06 bits per heavy atom. The van der Waals surface area contributed by atoms with E-state index in [1.807, 2.05) is 32.9 Å². The molecule has 0 saturated heterocycles. The van der Waals surface area contributed by atoms with E-state index in [1.54, 1.807) is 0 Å². The maximum absolute atomic E-state index is 9.23. The smallest absolute Gasteiger partial charge is 0.178 e. The van der Waals surface area contributed by atoms with Crippen molar-refractivity contribution >= 4 is 5.57 Å². The highest BCUT2D eigenvalue weighted by Gasteiger charge is 2.20. The number of allylic oxidation sites excluding steroid dienone is 2. The predicted octanol–water partition coefficient (Wildman–Crippen LogP) is 3.35. The van der Waals surface area contributed by atoms with Crippen LogP contribution in [0, 0.1) is 6.92 Å². The summed E-state index contributed by atoms with van der Waals surface area (Å²) in [4.78, 5) is 0. The second-order valence-corrected chi connectivity index (χ2v) is 4.27. The molecular formula is C15H22O2. The van der Waals surface area contributed by atoms with Crippen molar-refractivity contribution in [3.05, 3.63) is 40.0 Å². The first-order chi connectivity index (χ1) is 8.02. The molecular weight excluding hydrogens is 212 g/mol. The Bertz CT molecular complexity index is 442. The van der Waals surface area contributed by atoms with Gasteiger partial charge in [0.25, 0.3) is 0 Å². The van der Waals surface area contributed by atoms with E-state index in [2.05, 4.69) is 13.8 Å². The van der Waals surface area contributed by atoms with Crippen LogP contribution in [0.4, 0.5) is 0 Å². The maximum Gasteiger partial charge on any atom is 0.178 e. The van der Waals surface area contributed by atoms with Gasteiger partial charge in [-0.1, -0.05) is 31.6 Å². The summed E-state index contributed by atoms with van der Waals surface area (Å²) >= 11 is 0. The van der Waals surface area contributed by atoms with Gasteiger partial charge in [-0.2, -0.15) is 0 Å². The summed E-state index contributed by atoms with van der Waals surface area (Å²) in [5, 5.41) is 18.5. The molecule has 1 aliphatic rings. The number of aliphatic hydroxyl groups is 2. The molecule has 0 fully saturated rings. The Kier molecular flexibility index (Phi) is 4.49. The summed E-state index contributed by atoms with van der Waals surface area (Å²) in [5.74, 6) is 0. The van der Waals surface area contributed by atoms with Crippen LogP contribution in [-0.4, -0.2) is 10.2 Å². The minimum atomic E-state index is -1.37. The fourth-order valence-corrected chi connectivity index (χ4v) is 2.36. The van der Waals surface area contributed by atoms with Gasteiger partial charge in [0.05, 0.1) is 0 Å². The van der Waals surface area contributed by atoms with Crippen molar-refractivity contribution in [2.45, 2.75) is 47.3 Å². The zero-order valence-electron chi connectivity index (χ0n) is 11.3. The van der Waals surface area contributed by atoms with Gasteiger partial charge in [0.2, 0.25) is 0 Å². The molecule has 2 rings (SSSR count). The van der Waals surface area contributed by atoms with Crippen LogP contribution in [-0.2, 0) is 6.42 Å². The van der Waals surface area contributed by atoms with Crippen LogP contribution in [0.2, 0.25) is 0 Å². The van der Waals surface area contributed by atoms with E-state index >= 15 is 0 Å². The summed E-state index contributed by atoms with van der Waals surface area (Å²) in [7, 11) is 0. The molecule has 0 aliphatic heterocycles. The Morgan fingerprint density at radius 3 is 2.18 bits per heavy atom. The lowest BCUT2D eigenvalue weighted by Crippen LogP contribution is -2.01. The SMILES string of the molecule is CC.CC1=C(C)c2c(ccc(C(O)O)c2C)C1. The van der Waals surface area contributed by atoms with Gasteiger partial charge in [-0.15, -0.1) is 0 Å². The topological polar surface area (TPSA) is 40.5 Å². The molecule has 0 saturated carbocycles. The fourth-order valence-electron chi connectivity index (χ4n) is 2.36. The number of aliphatic hydroxyl groups excluding tert-OH is 1. The highest BCUT2D eigenvalue weighted by atomic mass is 16.5. The average Bonchev–Trinajstić information content (AvgIpc) is 2.58. The Hall–Kier alpha value is -1.12. The minimum absolute atomic E-state index is 0.614. The standard InChI is InChI=1S/C13H16O2.C2H6/c1-7-6-10-4-5-11(13(14)15)9(3)12(10)8(7)2;1-2/h4-5,13-15H,6H2,1-3H3;1-2H3. The van der Waals surface area contributed by atoms with E-state index in [-0.39, 0.29) is 0 Å². The lowest BCUT2D eigenvalue weighted by molar-refractivity contribution is -0.0429. The molecule has 0 spiro atoms. The summed E-state index contributed by atoms with van der Waals surface area (Å²) in [6, 6.07) is 3.81. The molecule has 2 heteroatoms. The number of hydrogen-bond acceptors (Lipinski definition) is 2. The summed E-state index contributed by atoms with van der Waals surface area (Å²) in [5.41, 5.74) is 6.77. The molecule has 1 aromatic rings. The van der Waals surface area contributed by atoms with Gasteiger partial charge in [0, 0.05) is 5.56 Å². The van der Waals surface area contributed by atoms with Crippen molar-refractivity contribution in [2.24, 2.45) is 0 Å². The monoisotopic (exact) mass is 234 g/mol. The van der Waals surface area contributed by atoms with Crippen molar-refractivity contribution in [1.29, 1.82) is 0 Å². The van der Waals surface area contributed by atoms with Crippen LogP contribution in [0.25, 0.3) is 5.57 Å². The van der Waals surface area contributed by atoms with Crippen LogP contribution in [0.5, 0.6) is 0 Å². The first kappa shape index (κ1) is 13.9. The van der Waals surface area contributed by atoms with Crippen LogP contribution in [0.3, 0.4) is 0 Å². The lowest BCUT2D eigenvalue weighted by Gasteiger charge is -2.13. The summed E-state index contributed by atoms with van der Waals surface area (Å²) < 4.78 is 0. The van der Waals surface area contributed by atoms with Crippen molar-refractivity contribution in [1.82, 2.24) is 0 Å². The van der Waals surface area contributed by atoms with Gasteiger partial charge in [0.15, 0.2) is 6.29 Å². The van der Waals surface area contributed by atoms with Gasteiger partial charge in [-0.05, 0) is 49.5 Å². The van der Waals surface area contributed by atoms with Gasteiger partial charge in [-0.25, -0.2) is 0 Å². The number of hydrogen-bond donors (Lipinski definition) is 2. The van der Waals surface area contributed by atoms with Crippen LogP contribution in [0.1, 0.15) is 56.2 Å². The molecule has 0 bridgehead atoms. The molecule has 0 heterocycles. The first-order valence-corrected chi connectivity index (χ1v) is 6.17. The minimum Gasteiger partial charge on any atom is -0.364 e. The summed E-state index contributed by atoms with van der Waals surface area (Å²) in [6.45, 7) is 10.2. The van der Waals surface area contributed by atoms with Gasteiger partial charge in [0.1, 0.15) is 0 Å². The van der Waals surface area contributed by atoms with Crippen molar-refractivity contribution < 1.29 is 10.2 Å². The van der Waals surface area contributed by atoms with E-state index in [0.717, 1.165) is 12.0 Å². The molecule has 0 radical (unpaired) electrons. The molecule has 2 nitrogen and oxygen atoms in total. The largest absolute Gasteiger partial charge is 0.364 e. The van der Waals surface area contributed by atoms with Gasteiger partial charge < -0.3 is 10.2 Å². The third-order valence-corrected chi connectivity index (χ3v) is 3.34. The fraction of sp³-hybridized carbons (Fsp3) is 0.467. The first-order valence-electron chi connectivity index (χ1n) is 6.17. The van der Waals surface area contributed by atoms with E-state index < -0.39 is 6.29 Å². The quantitative estimate of drug-likeness (QED) is 0.731. The Morgan fingerprint density at radius 2 is 1.65 bits per heavy atom. The van der Waals surface area contributed by atoms with E-state index in [1.165, 1.54) is 22.3 Å². The molecule has 0 aromatic heterocycles. The third kappa shape index (κ3) is 2.43. The van der Waals surface area contributed by atoms with E-state index in [4.69, 9.17) is 0 Å². The molecule has 2 N–H and O–H groups in total. The molecule has 0 atom stereocenters. The third-order valence-electron chi connectivity index (χ3n) is 3.34. The molecule has 0 amide bonds. The van der Waals surface area contributed by atoms with Crippen molar-refractivity contribution in [3.63, 3.8) is 0 Å². The number of rotatable bonds is 1. The van der Waals surface area contributed by atoms with E-state index in [9.17, 15) is 10.2 Å². The van der Waals surface area contributed by atoms with Crippen LogP contribution >= 0.6 is 0 Å². The normalized spacial score (nSPS) is 13.6. The van der Waals surface area contributed by atoms with Crippen molar-refractivity contribution in [3.8, 4) is 0 Å². The Balaban J connectivity index is 0.000000686. The second-order valence-electron chi connectivity index (χ2n) is 4.27. The maximum atomic E-state index is 9.23. The predicted molar refractivity (Wildman–Crippen MR) is 71.7 cm³/mol. The van der Waals surface area contributed by atoms with Crippen LogP contribution < -0.4 is 0 Å². The van der Waals surface area contributed by atoms with Crippen molar-refractivity contribution in [2.75, 3.05) is 0 Å². The van der Waals surface area contributed by atoms with E-state index in [0.29, 0.717) is 5.56 Å². The average molecular weight is 234 g/mol.